The van der Waals surface area contributed by atoms with Crippen molar-refractivity contribution in [2.45, 2.75) is 12.8 Å². The summed E-state index contributed by atoms with van der Waals surface area (Å²) in [6, 6.07) is 3.78. The van der Waals surface area contributed by atoms with Crippen molar-refractivity contribution in [2.24, 2.45) is 5.92 Å². The summed E-state index contributed by atoms with van der Waals surface area (Å²) in [6.07, 6.45) is 3.77. The van der Waals surface area contributed by atoms with Gasteiger partial charge in [0.2, 0.25) is 5.91 Å². The molecule has 1 unspecified atom stereocenters. The first-order valence-electron chi connectivity index (χ1n) is 6.32. The van der Waals surface area contributed by atoms with Crippen LogP contribution in [0.3, 0.4) is 0 Å². The van der Waals surface area contributed by atoms with Gasteiger partial charge in [0, 0.05) is 20.6 Å². The van der Waals surface area contributed by atoms with Crippen molar-refractivity contribution in [1.29, 1.82) is 0 Å². The number of halogens is 2. The van der Waals surface area contributed by atoms with E-state index < -0.39 is 0 Å². The van der Waals surface area contributed by atoms with E-state index in [4.69, 9.17) is 0 Å². The summed E-state index contributed by atoms with van der Waals surface area (Å²) in [5.41, 5.74) is 1.02. The summed E-state index contributed by atoms with van der Waals surface area (Å²) in [5, 5.41) is 6.11. The van der Waals surface area contributed by atoms with Crippen LogP contribution in [0.4, 0.5) is 11.5 Å². The number of anilines is 2. The smallest absolute Gasteiger partial charge is 0.229 e. The van der Waals surface area contributed by atoms with E-state index in [9.17, 15) is 4.79 Å². The zero-order valence-corrected chi connectivity index (χ0v) is 13.4. The van der Waals surface area contributed by atoms with Gasteiger partial charge >= 0.3 is 0 Å². The molecule has 1 fully saturated rings. The SMILES string of the molecule is CN(C)c1ccc(NC(=O)C2CCCNC2)nc1.Cl.Cl. The number of nitrogens with zero attached hydrogens (tertiary/aromatic N) is 2. The third kappa shape index (κ3) is 5.15. The molecular formula is C13H22Cl2N4O. The Bertz CT molecular complexity index is 405. The average Bonchev–Trinajstić information content (AvgIpc) is 2.40. The molecule has 0 radical (unpaired) electrons. The van der Waals surface area contributed by atoms with E-state index in [-0.39, 0.29) is 36.6 Å². The highest BCUT2D eigenvalue weighted by Gasteiger charge is 2.20. The van der Waals surface area contributed by atoms with Gasteiger partial charge in [0.25, 0.3) is 0 Å². The van der Waals surface area contributed by atoms with Crippen LogP contribution in [-0.4, -0.2) is 38.1 Å². The number of hydrogen-bond donors (Lipinski definition) is 2. The number of rotatable bonds is 3. The quantitative estimate of drug-likeness (QED) is 0.893. The fourth-order valence-corrected chi connectivity index (χ4v) is 2.03. The molecule has 5 nitrogen and oxygen atoms in total. The van der Waals surface area contributed by atoms with Crippen LogP contribution in [-0.2, 0) is 4.79 Å². The van der Waals surface area contributed by atoms with Gasteiger partial charge in [-0.05, 0) is 31.5 Å². The molecule has 0 aromatic carbocycles. The molecule has 1 aliphatic heterocycles. The van der Waals surface area contributed by atoms with Gasteiger partial charge in [-0.25, -0.2) is 4.98 Å². The van der Waals surface area contributed by atoms with Gasteiger partial charge in [0.15, 0.2) is 0 Å². The largest absolute Gasteiger partial charge is 0.376 e. The minimum absolute atomic E-state index is 0. The summed E-state index contributed by atoms with van der Waals surface area (Å²) in [7, 11) is 3.92. The molecule has 1 aliphatic rings. The number of hydrogen-bond acceptors (Lipinski definition) is 4. The maximum Gasteiger partial charge on any atom is 0.229 e. The van der Waals surface area contributed by atoms with Gasteiger partial charge in [-0.3, -0.25) is 4.79 Å². The van der Waals surface area contributed by atoms with Gasteiger partial charge in [-0.1, -0.05) is 0 Å². The van der Waals surface area contributed by atoms with Crippen LogP contribution in [0.1, 0.15) is 12.8 Å². The Hall–Kier alpha value is -1.04. The van der Waals surface area contributed by atoms with E-state index in [1.54, 1.807) is 6.20 Å². The summed E-state index contributed by atoms with van der Waals surface area (Å²) >= 11 is 0. The number of aromatic nitrogens is 1. The van der Waals surface area contributed by atoms with Crippen molar-refractivity contribution >= 4 is 42.2 Å². The Labute approximate surface area is 132 Å². The standard InChI is InChI=1S/C13H20N4O.2ClH/c1-17(2)11-5-6-12(15-9-11)16-13(18)10-4-3-7-14-8-10;;/h5-6,9-10,14H,3-4,7-8H2,1-2H3,(H,15,16,18);2*1H. The topological polar surface area (TPSA) is 57.3 Å². The lowest BCUT2D eigenvalue weighted by Gasteiger charge is -2.21. The second-order valence-electron chi connectivity index (χ2n) is 4.83. The van der Waals surface area contributed by atoms with E-state index in [0.717, 1.165) is 31.6 Å². The summed E-state index contributed by atoms with van der Waals surface area (Å²) in [6.45, 7) is 1.78. The number of carbonyl (C=O) groups is 1. The lowest BCUT2D eigenvalue weighted by molar-refractivity contribution is -0.120. The number of pyridine rings is 1. The van der Waals surface area contributed by atoms with Crippen LogP contribution in [0.25, 0.3) is 0 Å². The van der Waals surface area contributed by atoms with Crippen LogP contribution in [0.2, 0.25) is 0 Å². The number of carbonyl (C=O) groups excluding carboxylic acids is 1. The number of nitrogens with one attached hydrogen (secondary N) is 2. The highest BCUT2D eigenvalue weighted by molar-refractivity contribution is 5.92. The first kappa shape index (κ1) is 19.0. The van der Waals surface area contributed by atoms with Crippen molar-refractivity contribution in [2.75, 3.05) is 37.4 Å². The van der Waals surface area contributed by atoms with E-state index in [0.29, 0.717) is 5.82 Å². The minimum atomic E-state index is 0. The first-order valence-corrected chi connectivity index (χ1v) is 6.32. The molecule has 1 amide bonds. The second kappa shape index (κ2) is 9.00. The van der Waals surface area contributed by atoms with Crippen molar-refractivity contribution in [3.8, 4) is 0 Å². The zero-order valence-electron chi connectivity index (χ0n) is 11.8. The Morgan fingerprint density at radius 1 is 1.40 bits per heavy atom. The molecule has 20 heavy (non-hydrogen) atoms. The van der Waals surface area contributed by atoms with Crippen molar-refractivity contribution in [3.05, 3.63) is 18.3 Å². The molecule has 1 atom stereocenters. The highest BCUT2D eigenvalue weighted by Crippen LogP contribution is 2.15. The maximum absolute atomic E-state index is 12.0. The lowest BCUT2D eigenvalue weighted by atomic mass is 9.99. The lowest BCUT2D eigenvalue weighted by Crippen LogP contribution is -2.37. The number of piperidine rings is 1. The third-order valence-corrected chi connectivity index (χ3v) is 3.18. The molecular weight excluding hydrogens is 299 g/mol. The monoisotopic (exact) mass is 320 g/mol. The van der Waals surface area contributed by atoms with Crippen molar-refractivity contribution in [1.82, 2.24) is 10.3 Å². The Balaban J connectivity index is 0.00000180. The molecule has 0 aliphatic carbocycles. The zero-order chi connectivity index (χ0) is 13.0. The third-order valence-electron chi connectivity index (χ3n) is 3.18. The van der Waals surface area contributed by atoms with Gasteiger partial charge in [0.05, 0.1) is 17.8 Å². The van der Waals surface area contributed by atoms with E-state index in [2.05, 4.69) is 15.6 Å². The Morgan fingerprint density at radius 2 is 2.15 bits per heavy atom. The molecule has 2 N–H and O–H groups in total. The van der Waals surface area contributed by atoms with Crippen LogP contribution in [0, 0.1) is 5.92 Å². The van der Waals surface area contributed by atoms with Crippen LogP contribution in [0.5, 0.6) is 0 Å². The molecule has 7 heteroatoms. The normalized spacial score (nSPS) is 17.4. The van der Waals surface area contributed by atoms with Gasteiger partial charge in [0.1, 0.15) is 5.82 Å². The van der Waals surface area contributed by atoms with Crippen LogP contribution in [0.15, 0.2) is 18.3 Å². The second-order valence-corrected chi connectivity index (χ2v) is 4.83. The van der Waals surface area contributed by atoms with Gasteiger partial charge in [-0.15, -0.1) is 24.8 Å². The molecule has 1 aromatic heterocycles. The van der Waals surface area contributed by atoms with Crippen LogP contribution >= 0.6 is 24.8 Å². The van der Waals surface area contributed by atoms with Crippen molar-refractivity contribution < 1.29 is 4.79 Å². The molecule has 0 spiro atoms. The van der Waals surface area contributed by atoms with E-state index >= 15 is 0 Å². The predicted molar refractivity (Wildman–Crippen MR) is 87.3 cm³/mol. The molecule has 0 bridgehead atoms. The highest BCUT2D eigenvalue weighted by atomic mass is 35.5. The predicted octanol–water partition coefficient (Wildman–Crippen LogP) is 1.93. The Kier molecular flexibility index (Phi) is 8.53. The van der Waals surface area contributed by atoms with E-state index in [1.807, 2.05) is 31.1 Å². The summed E-state index contributed by atoms with van der Waals surface area (Å²) < 4.78 is 0. The summed E-state index contributed by atoms with van der Waals surface area (Å²) in [4.78, 5) is 18.2. The first-order chi connectivity index (χ1) is 8.66. The molecule has 2 heterocycles. The number of amides is 1. The van der Waals surface area contributed by atoms with Crippen molar-refractivity contribution in [3.63, 3.8) is 0 Å². The van der Waals surface area contributed by atoms with Gasteiger partial charge in [-0.2, -0.15) is 0 Å². The van der Waals surface area contributed by atoms with E-state index in [1.165, 1.54) is 0 Å². The van der Waals surface area contributed by atoms with Crippen LogP contribution < -0.4 is 15.5 Å². The van der Waals surface area contributed by atoms with Gasteiger partial charge < -0.3 is 15.5 Å². The molecule has 114 valence electrons. The fourth-order valence-electron chi connectivity index (χ4n) is 2.03. The average molecular weight is 321 g/mol. The molecule has 1 aromatic rings. The molecule has 0 saturated carbocycles. The minimum Gasteiger partial charge on any atom is -0.376 e. The maximum atomic E-state index is 12.0. The fraction of sp³-hybridized carbons (Fsp3) is 0.538. The molecule has 1 saturated heterocycles. The molecule has 2 rings (SSSR count). The summed E-state index contributed by atoms with van der Waals surface area (Å²) in [5.74, 6) is 0.748. The Morgan fingerprint density at radius 3 is 2.65 bits per heavy atom.